The predicted octanol–water partition coefficient (Wildman–Crippen LogP) is 1.12. The Hall–Kier alpha value is -1.13. The highest BCUT2D eigenvalue weighted by Gasteiger charge is 1.92. The molecule has 1 aromatic heterocycles. The van der Waals surface area contributed by atoms with E-state index in [2.05, 4.69) is 4.98 Å². The second-order valence-electron chi connectivity index (χ2n) is 2.62. The van der Waals surface area contributed by atoms with Crippen LogP contribution < -0.4 is 4.74 Å². The third-order valence-corrected chi connectivity index (χ3v) is 1.55. The molecule has 0 saturated heterocycles. The molecule has 0 aromatic carbocycles. The number of hydrogen-bond acceptors (Lipinski definition) is 4. The Bertz CT molecular complexity index is 228. The van der Waals surface area contributed by atoms with Gasteiger partial charge in [-0.1, -0.05) is 6.07 Å². The molecule has 0 aliphatic rings. The summed E-state index contributed by atoms with van der Waals surface area (Å²) in [7, 11) is 1.65. The van der Waals surface area contributed by atoms with Crippen molar-refractivity contribution in [2.45, 2.75) is 0 Å². The van der Waals surface area contributed by atoms with E-state index in [0.717, 1.165) is 0 Å². The van der Waals surface area contributed by atoms with Crippen LogP contribution in [0.2, 0.25) is 0 Å². The fourth-order valence-electron chi connectivity index (χ4n) is 0.882. The molecule has 14 heavy (non-hydrogen) atoms. The van der Waals surface area contributed by atoms with Crippen molar-refractivity contribution in [1.82, 2.24) is 4.98 Å². The highest BCUT2D eigenvalue weighted by Crippen LogP contribution is 2.02. The molecular weight excluding hydrogens is 182 g/mol. The average molecular weight is 197 g/mol. The Labute approximate surface area is 83.8 Å². The first-order valence-electron chi connectivity index (χ1n) is 4.54. The summed E-state index contributed by atoms with van der Waals surface area (Å²) >= 11 is 0. The van der Waals surface area contributed by atoms with Crippen LogP contribution in [0.15, 0.2) is 24.4 Å². The number of hydrogen-bond donors (Lipinski definition) is 0. The molecule has 1 heterocycles. The first kappa shape index (κ1) is 10.9. The van der Waals surface area contributed by atoms with Crippen LogP contribution in [0.1, 0.15) is 0 Å². The first-order valence-corrected chi connectivity index (χ1v) is 4.54. The highest BCUT2D eigenvalue weighted by atomic mass is 16.5. The number of methoxy groups -OCH3 is 1. The summed E-state index contributed by atoms with van der Waals surface area (Å²) in [4.78, 5) is 4.01. The summed E-state index contributed by atoms with van der Waals surface area (Å²) in [6.45, 7) is 2.28. The maximum absolute atomic E-state index is 5.31. The summed E-state index contributed by atoms with van der Waals surface area (Å²) in [6.07, 6.45) is 1.70. The van der Waals surface area contributed by atoms with Crippen molar-refractivity contribution >= 4 is 0 Å². The number of pyridine rings is 1. The summed E-state index contributed by atoms with van der Waals surface area (Å²) < 4.78 is 15.4. The zero-order valence-corrected chi connectivity index (χ0v) is 8.31. The molecule has 4 heteroatoms. The van der Waals surface area contributed by atoms with Crippen molar-refractivity contribution in [3.63, 3.8) is 0 Å². The minimum Gasteiger partial charge on any atom is -0.475 e. The number of rotatable bonds is 7. The topological polar surface area (TPSA) is 40.6 Å². The van der Waals surface area contributed by atoms with Crippen LogP contribution in [-0.2, 0) is 9.47 Å². The highest BCUT2D eigenvalue weighted by molar-refractivity contribution is 5.08. The number of nitrogens with zero attached hydrogens (tertiary/aromatic N) is 1. The molecule has 0 aliphatic heterocycles. The molecule has 0 spiro atoms. The third-order valence-electron chi connectivity index (χ3n) is 1.55. The third kappa shape index (κ3) is 4.79. The van der Waals surface area contributed by atoms with E-state index in [9.17, 15) is 0 Å². The quantitative estimate of drug-likeness (QED) is 0.614. The van der Waals surface area contributed by atoms with Crippen molar-refractivity contribution in [3.8, 4) is 5.88 Å². The van der Waals surface area contributed by atoms with Gasteiger partial charge in [0, 0.05) is 19.4 Å². The number of aromatic nitrogens is 1. The van der Waals surface area contributed by atoms with Crippen LogP contribution in [0, 0.1) is 0 Å². The molecule has 0 atom stereocenters. The van der Waals surface area contributed by atoms with E-state index in [4.69, 9.17) is 14.2 Å². The average Bonchev–Trinajstić information content (AvgIpc) is 2.25. The van der Waals surface area contributed by atoms with E-state index in [0.29, 0.717) is 32.3 Å². The predicted molar refractivity (Wildman–Crippen MR) is 52.4 cm³/mol. The van der Waals surface area contributed by atoms with Crippen molar-refractivity contribution in [3.05, 3.63) is 24.4 Å². The van der Waals surface area contributed by atoms with Crippen LogP contribution in [0.5, 0.6) is 5.88 Å². The van der Waals surface area contributed by atoms with Gasteiger partial charge < -0.3 is 14.2 Å². The van der Waals surface area contributed by atoms with E-state index in [1.54, 1.807) is 13.3 Å². The van der Waals surface area contributed by atoms with Gasteiger partial charge in [-0.25, -0.2) is 4.98 Å². The van der Waals surface area contributed by atoms with Gasteiger partial charge in [-0.3, -0.25) is 0 Å². The minimum atomic E-state index is 0.515. The molecule has 0 bridgehead atoms. The van der Waals surface area contributed by atoms with Gasteiger partial charge in [-0.2, -0.15) is 0 Å². The molecule has 0 N–H and O–H groups in total. The van der Waals surface area contributed by atoms with Crippen LogP contribution >= 0.6 is 0 Å². The van der Waals surface area contributed by atoms with E-state index < -0.39 is 0 Å². The van der Waals surface area contributed by atoms with Crippen LogP contribution in [0.4, 0.5) is 0 Å². The van der Waals surface area contributed by atoms with Crippen molar-refractivity contribution in [2.75, 3.05) is 33.5 Å². The Morgan fingerprint density at radius 3 is 2.71 bits per heavy atom. The van der Waals surface area contributed by atoms with Crippen molar-refractivity contribution < 1.29 is 14.2 Å². The minimum absolute atomic E-state index is 0.515. The fourth-order valence-corrected chi connectivity index (χ4v) is 0.882. The zero-order chi connectivity index (χ0) is 10.1. The van der Waals surface area contributed by atoms with Gasteiger partial charge in [0.15, 0.2) is 0 Å². The second kappa shape index (κ2) is 7.29. The lowest BCUT2D eigenvalue weighted by molar-refractivity contribution is 0.0537. The van der Waals surface area contributed by atoms with Gasteiger partial charge in [0.1, 0.15) is 6.61 Å². The van der Waals surface area contributed by atoms with Gasteiger partial charge in [0.05, 0.1) is 19.8 Å². The SMILES string of the molecule is COCCOCCOc1ccccn1. The molecule has 0 amide bonds. The van der Waals surface area contributed by atoms with Crippen LogP contribution in [0.3, 0.4) is 0 Å². The summed E-state index contributed by atoms with van der Waals surface area (Å²) in [5.74, 6) is 0.628. The van der Waals surface area contributed by atoms with Gasteiger partial charge in [-0.05, 0) is 6.07 Å². The summed E-state index contributed by atoms with van der Waals surface area (Å²) in [6, 6.07) is 5.55. The molecule has 0 radical (unpaired) electrons. The molecule has 78 valence electrons. The van der Waals surface area contributed by atoms with Gasteiger partial charge in [0.25, 0.3) is 0 Å². The second-order valence-corrected chi connectivity index (χ2v) is 2.62. The molecule has 0 aliphatic carbocycles. The van der Waals surface area contributed by atoms with E-state index in [1.807, 2.05) is 18.2 Å². The molecule has 0 unspecified atom stereocenters. The smallest absolute Gasteiger partial charge is 0.213 e. The molecule has 0 fully saturated rings. The normalized spacial score (nSPS) is 10.1. The Kier molecular flexibility index (Phi) is 5.70. The monoisotopic (exact) mass is 197 g/mol. The van der Waals surface area contributed by atoms with Gasteiger partial charge in [-0.15, -0.1) is 0 Å². The Morgan fingerprint density at radius 1 is 1.14 bits per heavy atom. The van der Waals surface area contributed by atoms with Crippen LogP contribution in [-0.4, -0.2) is 38.5 Å². The van der Waals surface area contributed by atoms with Crippen molar-refractivity contribution in [2.24, 2.45) is 0 Å². The number of ether oxygens (including phenoxy) is 3. The standard InChI is InChI=1S/C10H15NO3/c1-12-6-7-13-8-9-14-10-4-2-3-5-11-10/h2-5H,6-9H2,1H3. The molecule has 0 saturated carbocycles. The molecule has 1 rings (SSSR count). The van der Waals surface area contributed by atoms with Crippen LogP contribution in [0.25, 0.3) is 0 Å². The largest absolute Gasteiger partial charge is 0.475 e. The van der Waals surface area contributed by atoms with Gasteiger partial charge in [0.2, 0.25) is 5.88 Å². The maximum Gasteiger partial charge on any atom is 0.213 e. The van der Waals surface area contributed by atoms with E-state index in [-0.39, 0.29) is 0 Å². The van der Waals surface area contributed by atoms with E-state index in [1.165, 1.54) is 0 Å². The first-order chi connectivity index (χ1) is 6.93. The summed E-state index contributed by atoms with van der Waals surface area (Å²) in [5, 5.41) is 0. The molecule has 4 nitrogen and oxygen atoms in total. The lowest BCUT2D eigenvalue weighted by Crippen LogP contribution is -2.10. The Morgan fingerprint density at radius 2 is 2.00 bits per heavy atom. The maximum atomic E-state index is 5.31. The van der Waals surface area contributed by atoms with E-state index >= 15 is 0 Å². The Balaban J connectivity index is 1.99. The fraction of sp³-hybridized carbons (Fsp3) is 0.500. The van der Waals surface area contributed by atoms with Crippen molar-refractivity contribution in [1.29, 1.82) is 0 Å². The zero-order valence-electron chi connectivity index (χ0n) is 8.31. The lowest BCUT2D eigenvalue weighted by Gasteiger charge is -2.05. The lowest BCUT2D eigenvalue weighted by atomic mass is 10.5. The molecular formula is C10H15NO3. The van der Waals surface area contributed by atoms with Gasteiger partial charge >= 0.3 is 0 Å². The summed E-state index contributed by atoms with van der Waals surface area (Å²) in [5.41, 5.74) is 0. The molecule has 1 aromatic rings.